The molecule has 0 aliphatic carbocycles. The number of carbonyl (C=O) groups excluding carboxylic acids is 1. The third kappa shape index (κ3) is 3.20. The maximum atomic E-state index is 13.9. The summed E-state index contributed by atoms with van der Waals surface area (Å²) in [5.74, 6) is -9.43. The quantitative estimate of drug-likeness (QED) is 0.650. The lowest BCUT2D eigenvalue weighted by molar-refractivity contribution is 0.101. The molecule has 0 heterocycles. The summed E-state index contributed by atoms with van der Waals surface area (Å²) in [6.07, 6.45) is 0. The molecule has 0 bridgehead atoms. The van der Waals surface area contributed by atoms with Crippen molar-refractivity contribution in [3.63, 3.8) is 0 Å². The molecule has 0 aliphatic rings. The standard InChI is InChI=1S/C17H15F4NO2/c1-8(2)9-4-6-10(7-5-9)22-17(23)11-12(18)14(20)16(24-3)15(21)13(11)19/h4-8H,1-3H3,(H,22,23). The Morgan fingerprint density at radius 1 is 0.958 bits per heavy atom. The van der Waals surface area contributed by atoms with E-state index in [9.17, 15) is 22.4 Å². The van der Waals surface area contributed by atoms with Crippen LogP contribution in [0.3, 0.4) is 0 Å². The number of anilines is 1. The molecule has 0 saturated carbocycles. The van der Waals surface area contributed by atoms with Crippen LogP contribution in [-0.2, 0) is 0 Å². The molecular weight excluding hydrogens is 326 g/mol. The van der Waals surface area contributed by atoms with Crippen LogP contribution in [-0.4, -0.2) is 13.0 Å². The van der Waals surface area contributed by atoms with Crippen LogP contribution in [0.25, 0.3) is 0 Å². The zero-order valence-electron chi connectivity index (χ0n) is 13.2. The van der Waals surface area contributed by atoms with Crippen molar-refractivity contribution in [1.29, 1.82) is 0 Å². The van der Waals surface area contributed by atoms with Crippen molar-refractivity contribution in [2.45, 2.75) is 19.8 Å². The highest BCUT2D eigenvalue weighted by Gasteiger charge is 2.30. The molecule has 24 heavy (non-hydrogen) atoms. The van der Waals surface area contributed by atoms with Crippen molar-refractivity contribution >= 4 is 11.6 Å². The van der Waals surface area contributed by atoms with E-state index in [0.29, 0.717) is 0 Å². The van der Waals surface area contributed by atoms with Gasteiger partial charge in [-0.15, -0.1) is 0 Å². The topological polar surface area (TPSA) is 38.3 Å². The van der Waals surface area contributed by atoms with Crippen LogP contribution in [0, 0.1) is 23.3 Å². The van der Waals surface area contributed by atoms with Gasteiger partial charge in [0.15, 0.2) is 17.4 Å². The number of carbonyl (C=O) groups is 1. The summed E-state index contributed by atoms with van der Waals surface area (Å²) >= 11 is 0. The molecule has 2 aromatic rings. The lowest BCUT2D eigenvalue weighted by atomic mass is 10.0. The first-order valence-corrected chi connectivity index (χ1v) is 7.09. The first-order valence-electron chi connectivity index (χ1n) is 7.09. The monoisotopic (exact) mass is 341 g/mol. The van der Waals surface area contributed by atoms with Gasteiger partial charge in [-0.05, 0) is 23.6 Å². The molecular formula is C17H15F4NO2. The molecule has 3 nitrogen and oxygen atoms in total. The first-order chi connectivity index (χ1) is 11.3. The number of halogens is 4. The van der Waals surface area contributed by atoms with Gasteiger partial charge < -0.3 is 10.1 Å². The SMILES string of the molecule is COc1c(F)c(F)c(C(=O)Nc2ccc(C(C)C)cc2)c(F)c1F. The maximum absolute atomic E-state index is 13.9. The van der Waals surface area contributed by atoms with Gasteiger partial charge in [-0.1, -0.05) is 26.0 Å². The van der Waals surface area contributed by atoms with Gasteiger partial charge in [0.25, 0.3) is 5.91 Å². The number of nitrogens with one attached hydrogen (secondary N) is 1. The van der Waals surface area contributed by atoms with Crippen LogP contribution >= 0.6 is 0 Å². The zero-order chi connectivity index (χ0) is 18.0. The van der Waals surface area contributed by atoms with Crippen LogP contribution in [0.2, 0.25) is 0 Å². The van der Waals surface area contributed by atoms with Crippen LogP contribution in [0.5, 0.6) is 5.75 Å². The Labute approximate surface area is 136 Å². The Balaban J connectivity index is 2.36. The number of amides is 1. The van der Waals surface area contributed by atoms with Crippen LogP contribution in [0.4, 0.5) is 23.2 Å². The average Bonchev–Trinajstić information content (AvgIpc) is 2.54. The maximum Gasteiger partial charge on any atom is 0.261 e. The molecule has 0 aromatic heterocycles. The molecule has 1 amide bonds. The lowest BCUT2D eigenvalue weighted by Crippen LogP contribution is -2.18. The second-order valence-electron chi connectivity index (χ2n) is 5.40. The second-order valence-corrected chi connectivity index (χ2v) is 5.40. The summed E-state index contributed by atoms with van der Waals surface area (Å²) in [7, 11) is 0.858. The van der Waals surface area contributed by atoms with Crippen molar-refractivity contribution < 1.29 is 27.1 Å². The zero-order valence-corrected chi connectivity index (χ0v) is 13.2. The molecule has 0 saturated heterocycles. The van der Waals surface area contributed by atoms with Gasteiger partial charge in [0.2, 0.25) is 11.6 Å². The van der Waals surface area contributed by atoms with Gasteiger partial charge >= 0.3 is 0 Å². The highest BCUT2D eigenvalue weighted by molar-refractivity contribution is 6.04. The van der Waals surface area contributed by atoms with E-state index in [-0.39, 0.29) is 11.6 Å². The Bertz CT molecular complexity index is 744. The fourth-order valence-electron chi connectivity index (χ4n) is 2.14. The molecule has 1 N–H and O–H groups in total. The number of hydrogen-bond acceptors (Lipinski definition) is 2. The number of methoxy groups -OCH3 is 1. The number of rotatable bonds is 4. The Morgan fingerprint density at radius 3 is 1.88 bits per heavy atom. The highest BCUT2D eigenvalue weighted by Crippen LogP contribution is 2.30. The molecule has 2 rings (SSSR count). The molecule has 0 fully saturated rings. The van der Waals surface area contributed by atoms with E-state index in [1.54, 1.807) is 12.1 Å². The largest absolute Gasteiger partial charge is 0.491 e. The molecule has 7 heteroatoms. The average molecular weight is 341 g/mol. The minimum absolute atomic E-state index is 0.236. The van der Waals surface area contributed by atoms with Gasteiger partial charge in [-0.2, -0.15) is 8.78 Å². The Hall–Kier alpha value is -2.57. The fourth-order valence-corrected chi connectivity index (χ4v) is 2.14. The predicted octanol–water partition coefficient (Wildman–Crippen LogP) is 4.63. The summed E-state index contributed by atoms with van der Waals surface area (Å²) in [5, 5.41) is 2.20. The van der Waals surface area contributed by atoms with Crippen molar-refractivity contribution in [2.24, 2.45) is 0 Å². The lowest BCUT2D eigenvalue weighted by Gasteiger charge is -2.12. The van der Waals surface area contributed by atoms with Crippen molar-refractivity contribution in [1.82, 2.24) is 0 Å². The van der Waals surface area contributed by atoms with Gasteiger partial charge in [-0.25, -0.2) is 8.78 Å². The van der Waals surface area contributed by atoms with Crippen molar-refractivity contribution in [3.05, 3.63) is 58.7 Å². The van der Waals surface area contributed by atoms with E-state index in [0.717, 1.165) is 12.7 Å². The van der Waals surface area contributed by atoms with Crippen molar-refractivity contribution in [2.75, 3.05) is 12.4 Å². The molecule has 0 unspecified atom stereocenters. The molecule has 0 spiro atoms. The van der Waals surface area contributed by atoms with Gasteiger partial charge in [0.1, 0.15) is 5.56 Å². The summed E-state index contributed by atoms with van der Waals surface area (Å²) < 4.78 is 59.4. The van der Waals surface area contributed by atoms with Crippen LogP contribution in [0.15, 0.2) is 24.3 Å². The van der Waals surface area contributed by atoms with E-state index >= 15 is 0 Å². The van der Waals surface area contributed by atoms with E-state index in [4.69, 9.17) is 0 Å². The third-order valence-corrected chi connectivity index (χ3v) is 3.49. The highest BCUT2D eigenvalue weighted by atomic mass is 19.2. The minimum Gasteiger partial charge on any atom is -0.491 e. The minimum atomic E-state index is -1.82. The van der Waals surface area contributed by atoms with Gasteiger partial charge in [-0.3, -0.25) is 4.79 Å². The summed E-state index contributed by atoms with van der Waals surface area (Å²) in [5.41, 5.74) is -0.120. The summed E-state index contributed by atoms with van der Waals surface area (Å²) in [4.78, 5) is 12.0. The summed E-state index contributed by atoms with van der Waals surface area (Å²) in [6, 6.07) is 6.50. The molecule has 0 atom stereocenters. The smallest absolute Gasteiger partial charge is 0.261 e. The number of benzene rings is 2. The van der Waals surface area contributed by atoms with Gasteiger partial charge in [0.05, 0.1) is 7.11 Å². The summed E-state index contributed by atoms with van der Waals surface area (Å²) in [6.45, 7) is 3.95. The molecule has 128 valence electrons. The second kappa shape index (κ2) is 6.90. The van der Waals surface area contributed by atoms with E-state index in [1.165, 1.54) is 12.1 Å². The Morgan fingerprint density at radius 2 is 1.46 bits per heavy atom. The first kappa shape index (κ1) is 17.8. The van der Waals surface area contributed by atoms with E-state index in [1.807, 2.05) is 13.8 Å². The fraction of sp³-hybridized carbons (Fsp3) is 0.235. The van der Waals surface area contributed by atoms with E-state index in [2.05, 4.69) is 10.1 Å². The van der Waals surface area contributed by atoms with Gasteiger partial charge in [0, 0.05) is 5.69 Å². The Kier molecular flexibility index (Phi) is 5.11. The molecule has 0 radical (unpaired) electrons. The van der Waals surface area contributed by atoms with E-state index < -0.39 is 40.5 Å². The number of hydrogen-bond donors (Lipinski definition) is 1. The normalized spacial score (nSPS) is 10.8. The molecule has 2 aromatic carbocycles. The van der Waals surface area contributed by atoms with Crippen LogP contribution in [0.1, 0.15) is 35.7 Å². The molecule has 0 aliphatic heterocycles. The predicted molar refractivity (Wildman–Crippen MR) is 81.3 cm³/mol. The van der Waals surface area contributed by atoms with Crippen molar-refractivity contribution in [3.8, 4) is 5.75 Å². The number of ether oxygens (including phenoxy) is 1. The third-order valence-electron chi connectivity index (χ3n) is 3.49. The van der Waals surface area contributed by atoms with Crippen LogP contribution < -0.4 is 10.1 Å².